The van der Waals surface area contributed by atoms with Gasteiger partial charge in [0.05, 0.1) is 0 Å². The smallest absolute Gasteiger partial charge is 0.290 e. The maximum absolute atomic E-state index is 12.1. The van der Waals surface area contributed by atoms with Crippen molar-refractivity contribution in [2.75, 3.05) is 16.0 Å². The van der Waals surface area contributed by atoms with Gasteiger partial charge in [-0.1, -0.05) is 54.6 Å². The minimum absolute atomic E-state index is 0.00514. The summed E-state index contributed by atoms with van der Waals surface area (Å²) in [6, 6.07) is 25.1. The molecule has 0 saturated heterocycles. The molecule has 3 aromatic carbocycles. The summed E-state index contributed by atoms with van der Waals surface area (Å²) in [6.07, 6.45) is -3.19. The van der Waals surface area contributed by atoms with Gasteiger partial charge in [0.25, 0.3) is 0 Å². The first-order valence-corrected chi connectivity index (χ1v) is 9.00. The Balaban J connectivity index is 1.62. The van der Waals surface area contributed by atoms with Gasteiger partial charge in [-0.15, -0.1) is 0 Å². The van der Waals surface area contributed by atoms with E-state index in [2.05, 4.69) is 16.0 Å². The first kappa shape index (κ1) is 21.1. The number of amides is 3. The summed E-state index contributed by atoms with van der Waals surface area (Å²) in [7, 11) is 0. The quantitative estimate of drug-likeness (QED) is 0.489. The van der Waals surface area contributed by atoms with Crippen molar-refractivity contribution in [1.82, 2.24) is 5.39 Å². The molecule has 3 N–H and O–H groups in total. The van der Waals surface area contributed by atoms with Gasteiger partial charge in [0.15, 0.2) is 0 Å². The number of nitrogens with zero attached hydrogens (tertiary/aromatic N) is 1. The largest absolute Gasteiger partial charge is 0.435 e. The molecule has 0 radical (unpaired) electrons. The van der Waals surface area contributed by atoms with E-state index in [4.69, 9.17) is 14.5 Å². The predicted octanol–water partition coefficient (Wildman–Crippen LogP) is 4.78. The van der Waals surface area contributed by atoms with Crippen LogP contribution in [0.5, 0.6) is 0 Å². The van der Waals surface area contributed by atoms with E-state index in [1.165, 1.54) is 0 Å². The van der Waals surface area contributed by atoms with Crippen LogP contribution in [0.3, 0.4) is 0 Å². The summed E-state index contributed by atoms with van der Waals surface area (Å²) in [4.78, 5) is 50.7. The van der Waals surface area contributed by atoms with E-state index in [1.807, 2.05) is 0 Å². The standard InChI is InChI=1S/C21H18N4O6/c26-19(22-16-10-4-1-5-11-16)29-25(30-20(27)23-17-12-6-2-7-13-17)31-21(28)24-18-14-8-3-9-15-18/h1-15H,(H,22,26)(H,23,27)(H,24,28). The SMILES string of the molecule is O=C(Nc1ccccc1)ON(OC(=O)Nc1ccccc1)OC(=O)Nc1ccccc1. The summed E-state index contributed by atoms with van der Waals surface area (Å²) in [5.74, 6) is 0. The Morgan fingerprint density at radius 3 is 1.00 bits per heavy atom. The zero-order chi connectivity index (χ0) is 21.9. The van der Waals surface area contributed by atoms with Crippen molar-refractivity contribution < 1.29 is 28.9 Å². The van der Waals surface area contributed by atoms with Crippen LogP contribution in [0, 0.1) is 0 Å². The molecule has 0 unspecified atom stereocenters. The summed E-state index contributed by atoms with van der Waals surface area (Å²) >= 11 is 0. The molecular formula is C21H18N4O6. The highest BCUT2D eigenvalue weighted by molar-refractivity contribution is 5.86. The van der Waals surface area contributed by atoms with Crippen molar-refractivity contribution in [3.63, 3.8) is 0 Å². The maximum atomic E-state index is 12.1. The number of anilines is 3. The van der Waals surface area contributed by atoms with Crippen molar-refractivity contribution in [2.24, 2.45) is 0 Å². The lowest BCUT2D eigenvalue weighted by molar-refractivity contribution is -0.446. The molecule has 10 heteroatoms. The number of carbonyl (C=O) groups is 3. The predicted molar refractivity (Wildman–Crippen MR) is 111 cm³/mol. The van der Waals surface area contributed by atoms with Crippen LogP contribution in [0.25, 0.3) is 0 Å². The van der Waals surface area contributed by atoms with Crippen molar-refractivity contribution >= 4 is 35.3 Å². The summed E-state index contributed by atoms with van der Waals surface area (Å²) < 4.78 is 0. The van der Waals surface area contributed by atoms with Crippen molar-refractivity contribution in [3.05, 3.63) is 91.0 Å². The highest BCUT2D eigenvalue weighted by Gasteiger charge is 2.23. The Morgan fingerprint density at radius 1 is 0.484 bits per heavy atom. The topological polar surface area (TPSA) is 118 Å². The van der Waals surface area contributed by atoms with Gasteiger partial charge in [-0.05, 0) is 36.4 Å². The first-order valence-electron chi connectivity index (χ1n) is 9.00. The molecule has 0 atom stereocenters. The van der Waals surface area contributed by atoms with E-state index in [0.717, 1.165) is 0 Å². The summed E-state index contributed by atoms with van der Waals surface area (Å²) in [5, 5.41) is 7.17. The fraction of sp³-hybridized carbons (Fsp3) is 0. The molecule has 31 heavy (non-hydrogen) atoms. The maximum Gasteiger partial charge on any atom is 0.435 e. The van der Waals surface area contributed by atoms with Gasteiger partial charge in [-0.25, -0.2) is 14.4 Å². The van der Waals surface area contributed by atoms with E-state index in [-0.39, 0.29) is 5.39 Å². The van der Waals surface area contributed by atoms with Crippen LogP contribution in [0.2, 0.25) is 0 Å². The van der Waals surface area contributed by atoms with Gasteiger partial charge in [0, 0.05) is 17.1 Å². The molecule has 0 aromatic heterocycles. The van der Waals surface area contributed by atoms with Crippen molar-refractivity contribution in [1.29, 1.82) is 0 Å². The number of para-hydroxylation sites is 3. The Hall–Kier alpha value is -4.57. The highest BCUT2D eigenvalue weighted by Crippen LogP contribution is 2.11. The minimum atomic E-state index is -1.06. The van der Waals surface area contributed by atoms with Crippen LogP contribution in [0.15, 0.2) is 91.0 Å². The Bertz CT molecular complexity index is 870. The van der Waals surface area contributed by atoms with Crippen molar-refractivity contribution in [3.8, 4) is 0 Å². The molecule has 3 aromatic rings. The summed E-state index contributed by atoms with van der Waals surface area (Å²) in [5.41, 5.74) is 1.24. The van der Waals surface area contributed by atoms with E-state index < -0.39 is 18.3 Å². The fourth-order valence-electron chi connectivity index (χ4n) is 2.25. The van der Waals surface area contributed by atoms with Crippen LogP contribution in [-0.4, -0.2) is 23.7 Å². The monoisotopic (exact) mass is 422 g/mol. The molecule has 0 heterocycles. The second-order valence-corrected chi connectivity index (χ2v) is 5.83. The van der Waals surface area contributed by atoms with Crippen LogP contribution in [-0.2, 0) is 14.5 Å². The van der Waals surface area contributed by atoms with Gasteiger partial charge >= 0.3 is 18.3 Å². The van der Waals surface area contributed by atoms with E-state index in [1.54, 1.807) is 91.0 Å². The number of rotatable bonds is 6. The third-order valence-corrected chi connectivity index (χ3v) is 3.53. The molecule has 10 nitrogen and oxygen atoms in total. The lowest BCUT2D eigenvalue weighted by Crippen LogP contribution is -2.37. The molecule has 3 amide bonds. The first-order chi connectivity index (χ1) is 15.1. The van der Waals surface area contributed by atoms with Crippen LogP contribution in [0.4, 0.5) is 31.4 Å². The molecule has 158 valence electrons. The fourth-order valence-corrected chi connectivity index (χ4v) is 2.25. The zero-order valence-corrected chi connectivity index (χ0v) is 16.1. The lowest BCUT2D eigenvalue weighted by Gasteiger charge is -2.18. The van der Waals surface area contributed by atoms with E-state index >= 15 is 0 Å². The Morgan fingerprint density at radius 2 is 0.742 bits per heavy atom. The molecule has 0 spiro atoms. The van der Waals surface area contributed by atoms with E-state index in [0.29, 0.717) is 17.1 Å². The number of hydrogen-bond donors (Lipinski definition) is 3. The van der Waals surface area contributed by atoms with Gasteiger partial charge < -0.3 is 0 Å². The molecular weight excluding hydrogens is 404 g/mol. The third-order valence-electron chi connectivity index (χ3n) is 3.53. The molecule has 0 saturated carbocycles. The Kier molecular flexibility index (Phi) is 7.39. The van der Waals surface area contributed by atoms with Crippen LogP contribution >= 0.6 is 0 Å². The number of nitrogens with one attached hydrogen (secondary N) is 3. The molecule has 0 bridgehead atoms. The average molecular weight is 422 g/mol. The van der Waals surface area contributed by atoms with E-state index in [9.17, 15) is 14.4 Å². The average Bonchev–Trinajstić information content (AvgIpc) is 2.75. The van der Waals surface area contributed by atoms with Crippen molar-refractivity contribution in [2.45, 2.75) is 0 Å². The number of carbonyl (C=O) groups excluding carboxylic acids is 3. The van der Waals surface area contributed by atoms with Gasteiger partial charge in [-0.2, -0.15) is 0 Å². The number of hydrogen-bond acceptors (Lipinski definition) is 7. The zero-order valence-electron chi connectivity index (χ0n) is 16.1. The summed E-state index contributed by atoms with van der Waals surface area (Å²) in [6.45, 7) is 0. The normalized spacial score (nSPS) is 9.97. The molecule has 0 aliphatic rings. The van der Waals surface area contributed by atoms with Crippen LogP contribution in [0.1, 0.15) is 0 Å². The molecule has 0 fully saturated rings. The minimum Gasteiger partial charge on any atom is -0.290 e. The highest BCUT2D eigenvalue weighted by atomic mass is 17.2. The van der Waals surface area contributed by atoms with Gasteiger partial charge in [-0.3, -0.25) is 30.5 Å². The Labute approximate surface area is 177 Å². The second-order valence-electron chi connectivity index (χ2n) is 5.83. The molecule has 3 rings (SSSR count). The van der Waals surface area contributed by atoms with Gasteiger partial charge in [0.2, 0.25) is 5.39 Å². The lowest BCUT2D eigenvalue weighted by atomic mass is 10.3. The second kappa shape index (κ2) is 10.8. The molecule has 0 aliphatic heterocycles. The molecule has 0 aliphatic carbocycles. The number of benzene rings is 3. The van der Waals surface area contributed by atoms with Crippen LogP contribution < -0.4 is 16.0 Å². The third kappa shape index (κ3) is 7.40. The van der Waals surface area contributed by atoms with Gasteiger partial charge in [0.1, 0.15) is 0 Å².